The Balaban J connectivity index is 2.77. The van der Waals surface area contributed by atoms with Crippen LogP contribution in [-0.4, -0.2) is 23.2 Å². The predicted octanol–water partition coefficient (Wildman–Crippen LogP) is 3.25. The molecule has 0 saturated carbocycles. The van der Waals surface area contributed by atoms with Gasteiger partial charge in [0, 0.05) is 5.56 Å². The van der Waals surface area contributed by atoms with Crippen molar-refractivity contribution in [3.05, 3.63) is 41.5 Å². The second-order valence-electron chi connectivity index (χ2n) is 6.82. The van der Waals surface area contributed by atoms with Gasteiger partial charge in [-0.2, -0.15) is 0 Å². The molecule has 0 saturated heterocycles. The van der Waals surface area contributed by atoms with Crippen LogP contribution in [0.1, 0.15) is 50.5 Å². The average molecular weight is 275 g/mol. The highest BCUT2D eigenvalue weighted by Gasteiger charge is 2.19. The molecule has 0 atom stereocenters. The summed E-state index contributed by atoms with van der Waals surface area (Å²) < 4.78 is 0. The molecule has 1 rings (SSSR count). The zero-order valence-corrected chi connectivity index (χ0v) is 13.0. The van der Waals surface area contributed by atoms with Gasteiger partial charge in [0.15, 0.2) is 0 Å². The third kappa shape index (κ3) is 5.57. The van der Waals surface area contributed by atoms with Crippen molar-refractivity contribution in [2.45, 2.75) is 40.2 Å². The highest BCUT2D eigenvalue weighted by Crippen LogP contribution is 2.17. The monoisotopic (exact) mass is 275 g/mol. The predicted molar refractivity (Wildman–Crippen MR) is 83.6 cm³/mol. The van der Waals surface area contributed by atoms with E-state index in [1.165, 1.54) is 0 Å². The summed E-state index contributed by atoms with van der Waals surface area (Å²) in [5.41, 5.74) is 1.20. The maximum absolute atomic E-state index is 12.0. The number of carbonyl (C=O) groups is 1. The molecule has 110 valence electrons. The van der Waals surface area contributed by atoms with Crippen molar-refractivity contribution in [2.24, 2.45) is 5.41 Å². The van der Waals surface area contributed by atoms with Crippen LogP contribution in [-0.2, 0) is 0 Å². The number of allylic oxidation sites excluding steroid dienone is 1. The minimum atomic E-state index is -0.609. The summed E-state index contributed by atoms with van der Waals surface area (Å²) in [5.74, 6) is -0.171. The number of benzene rings is 1. The van der Waals surface area contributed by atoms with Gasteiger partial charge < -0.3 is 10.4 Å². The van der Waals surface area contributed by atoms with Crippen molar-refractivity contribution in [1.82, 2.24) is 5.32 Å². The molecule has 0 aliphatic heterocycles. The number of aliphatic hydroxyl groups excluding tert-OH is 1. The van der Waals surface area contributed by atoms with Crippen molar-refractivity contribution in [3.63, 3.8) is 0 Å². The SMILES string of the molecule is CC(C)(C)C=Cc1ccc(C(=O)NC(C)(C)CO)cc1. The molecule has 0 aliphatic rings. The number of nitrogens with one attached hydrogen (secondary N) is 1. The molecule has 0 radical (unpaired) electrons. The molecule has 0 aliphatic carbocycles. The highest BCUT2D eigenvalue weighted by molar-refractivity contribution is 5.94. The summed E-state index contributed by atoms with van der Waals surface area (Å²) in [6.07, 6.45) is 4.19. The topological polar surface area (TPSA) is 49.3 Å². The number of amides is 1. The standard InChI is InChI=1S/C17H25NO2/c1-16(2,3)11-10-13-6-8-14(9-7-13)15(20)18-17(4,5)12-19/h6-11,19H,12H2,1-5H3,(H,18,20). The Morgan fingerprint density at radius 1 is 1.15 bits per heavy atom. The van der Waals surface area contributed by atoms with Crippen LogP contribution in [0.2, 0.25) is 0 Å². The first-order valence-electron chi connectivity index (χ1n) is 6.86. The molecule has 0 aromatic heterocycles. The van der Waals surface area contributed by atoms with Gasteiger partial charge in [0.05, 0.1) is 12.1 Å². The Labute approximate surface area is 121 Å². The number of hydrogen-bond acceptors (Lipinski definition) is 2. The van der Waals surface area contributed by atoms with E-state index in [0.29, 0.717) is 5.56 Å². The van der Waals surface area contributed by atoms with Crippen LogP contribution < -0.4 is 5.32 Å². The summed E-state index contributed by atoms with van der Waals surface area (Å²) in [6.45, 7) is 9.90. The smallest absolute Gasteiger partial charge is 0.251 e. The molecule has 1 aromatic rings. The Morgan fingerprint density at radius 2 is 1.70 bits per heavy atom. The molecule has 20 heavy (non-hydrogen) atoms. The van der Waals surface area contributed by atoms with E-state index in [1.54, 1.807) is 26.0 Å². The van der Waals surface area contributed by atoms with Crippen molar-refractivity contribution in [1.29, 1.82) is 0 Å². The lowest BCUT2D eigenvalue weighted by Crippen LogP contribution is -2.46. The van der Waals surface area contributed by atoms with Crippen molar-refractivity contribution < 1.29 is 9.90 Å². The largest absolute Gasteiger partial charge is 0.394 e. The van der Waals surface area contributed by atoms with E-state index in [9.17, 15) is 4.79 Å². The lowest BCUT2D eigenvalue weighted by Gasteiger charge is -2.23. The van der Waals surface area contributed by atoms with Gasteiger partial charge in [0.25, 0.3) is 5.91 Å². The van der Waals surface area contributed by atoms with Crippen LogP contribution in [0.4, 0.5) is 0 Å². The van der Waals surface area contributed by atoms with Gasteiger partial charge in [-0.05, 0) is 37.0 Å². The summed E-state index contributed by atoms with van der Waals surface area (Å²) in [4.78, 5) is 12.0. The molecule has 3 nitrogen and oxygen atoms in total. The first-order valence-corrected chi connectivity index (χ1v) is 6.86. The van der Waals surface area contributed by atoms with E-state index >= 15 is 0 Å². The molecule has 2 N–H and O–H groups in total. The normalized spacial score (nSPS) is 12.7. The molecule has 1 aromatic carbocycles. The summed E-state index contributed by atoms with van der Waals surface area (Å²) >= 11 is 0. The second-order valence-corrected chi connectivity index (χ2v) is 6.82. The lowest BCUT2D eigenvalue weighted by atomic mass is 9.95. The molecular formula is C17H25NO2. The molecule has 0 unspecified atom stereocenters. The van der Waals surface area contributed by atoms with Gasteiger partial charge in [-0.1, -0.05) is 45.1 Å². The number of hydrogen-bond donors (Lipinski definition) is 2. The Kier molecular flexibility index (Phi) is 5.12. The van der Waals surface area contributed by atoms with Gasteiger partial charge in [-0.15, -0.1) is 0 Å². The molecule has 3 heteroatoms. The van der Waals surface area contributed by atoms with E-state index in [1.807, 2.05) is 12.1 Å². The van der Waals surface area contributed by atoms with Crippen molar-refractivity contribution in [3.8, 4) is 0 Å². The average Bonchev–Trinajstić information content (AvgIpc) is 2.35. The third-order valence-corrected chi connectivity index (χ3v) is 2.80. The second kappa shape index (κ2) is 6.23. The van der Waals surface area contributed by atoms with Crippen LogP contribution in [0.5, 0.6) is 0 Å². The Morgan fingerprint density at radius 3 is 2.15 bits per heavy atom. The van der Waals surface area contributed by atoms with Crippen molar-refractivity contribution in [2.75, 3.05) is 6.61 Å². The number of carbonyl (C=O) groups excluding carboxylic acids is 1. The minimum Gasteiger partial charge on any atom is -0.394 e. The zero-order chi connectivity index (χ0) is 15.4. The van der Waals surface area contributed by atoms with Crippen LogP contribution in [0.3, 0.4) is 0 Å². The fourth-order valence-corrected chi connectivity index (χ4v) is 1.51. The minimum absolute atomic E-state index is 0.0921. The van der Waals surface area contributed by atoms with Gasteiger partial charge >= 0.3 is 0 Å². The lowest BCUT2D eigenvalue weighted by molar-refractivity contribution is 0.0869. The van der Waals surface area contributed by atoms with E-state index < -0.39 is 5.54 Å². The molecule has 0 heterocycles. The van der Waals surface area contributed by atoms with Crippen LogP contribution in [0.25, 0.3) is 6.08 Å². The third-order valence-electron chi connectivity index (χ3n) is 2.80. The fraction of sp³-hybridized carbons (Fsp3) is 0.471. The van der Waals surface area contributed by atoms with Gasteiger partial charge in [0.2, 0.25) is 0 Å². The van der Waals surface area contributed by atoms with Gasteiger partial charge in [-0.25, -0.2) is 0 Å². The Bertz CT molecular complexity index is 479. The van der Waals surface area contributed by atoms with Crippen LogP contribution >= 0.6 is 0 Å². The first-order chi connectivity index (χ1) is 9.13. The van der Waals surface area contributed by atoms with E-state index in [2.05, 4.69) is 38.2 Å². The number of rotatable bonds is 4. The molecular weight excluding hydrogens is 250 g/mol. The fourth-order valence-electron chi connectivity index (χ4n) is 1.51. The van der Waals surface area contributed by atoms with E-state index in [-0.39, 0.29) is 17.9 Å². The first kappa shape index (κ1) is 16.4. The molecule has 1 amide bonds. The summed E-state index contributed by atoms with van der Waals surface area (Å²) in [6, 6.07) is 7.43. The summed E-state index contributed by atoms with van der Waals surface area (Å²) in [5, 5.41) is 11.9. The summed E-state index contributed by atoms with van der Waals surface area (Å²) in [7, 11) is 0. The number of aliphatic hydroxyl groups is 1. The molecule has 0 fully saturated rings. The Hall–Kier alpha value is -1.61. The van der Waals surface area contributed by atoms with Gasteiger partial charge in [-0.3, -0.25) is 4.79 Å². The maximum atomic E-state index is 12.0. The zero-order valence-electron chi connectivity index (χ0n) is 13.0. The molecule has 0 bridgehead atoms. The van der Waals surface area contributed by atoms with Crippen LogP contribution in [0.15, 0.2) is 30.3 Å². The maximum Gasteiger partial charge on any atom is 0.251 e. The van der Waals surface area contributed by atoms with E-state index in [0.717, 1.165) is 5.56 Å². The quantitative estimate of drug-likeness (QED) is 0.886. The van der Waals surface area contributed by atoms with Crippen LogP contribution in [0, 0.1) is 5.41 Å². The van der Waals surface area contributed by atoms with Gasteiger partial charge in [0.1, 0.15) is 0 Å². The highest BCUT2D eigenvalue weighted by atomic mass is 16.3. The van der Waals surface area contributed by atoms with Crippen molar-refractivity contribution >= 4 is 12.0 Å². The molecule has 0 spiro atoms. The van der Waals surface area contributed by atoms with E-state index in [4.69, 9.17) is 5.11 Å².